The van der Waals surface area contributed by atoms with Crippen molar-refractivity contribution in [3.63, 3.8) is 0 Å². The summed E-state index contributed by atoms with van der Waals surface area (Å²) in [6.45, 7) is 0. The SMILES string of the molecule is CS(=O)(=O)Nc1ccc(NC(=O)c2cnc(-c3ccccc3)s2)cc1. The highest BCUT2D eigenvalue weighted by atomic mass is 32.2. The Morgan fingerprint density at radius 3 is 2.28 bits per heavy atom. The van der Waals surface area contributed by atoms with E-state index in [1.54, 1.807) is 30.5 Å². The molecule has 0 aliphatic heterocycles. The predicted molar refractivity (Wildman–Crippen MR) is 100 cm³/mol. The normalized spacial score (nSPS) is 11.1. The molecule has 3 rings (SSSR count). The van der Waals surface area contributed by atoms with E-state index in [1.165, 1.54) is 11.3 Å². The fourth-order valence-electron chi connectivity index (χ4n) is 2.12. The lowest BCUT2D eigenvalue weighted by atomic mass is 10.2. The molecule has 0 bridgehead atoms. The number of benzene rings is 2. The monoisotopic (exact) mass is 373 g/mol. The van der Waals surface area contributed by atoms with Crippen molar-refractivity contribution in [3.05, 3.63) is 65.7 Å². The van der Waals surface area contributed by atoms with E-state index in [0.29, 0.717) is 16.3 Å². The Kier molecular flexibility index (Phi) is 4.82. The third kappa shape index (κ3) is 4.65. The van der Waals surface area contributed by atoms with Crippen LogP contribution in [0.3, 0.4) is 0 Å². The smallest absolute Gasteiger partial charge is 0.267 e. The molecule has 0 atom stereocenters. The second kappa shape index (κ2) is 7.04. The first kappa shape index (κ1) is 17.1. The molecule has 0 aliphatic rings. The zero-order valence-electron chi connectivity index (χ0n) is 13.3. The van der Waals surface area contributed by atoms with Gasteiger partial charge < -0.3 is 5.32 Å². The van der Waals surface area contributed by atoms with Crippen LogP contribution < -0.4 is 10.0 Å². The van der Waals surface area contributed by atoms with Crippen LogP contribution in [-0.2, 0) is 10.0 Å². The molecule has 25 heavy (non-hydrogen) atoms. The summed E-state index contributed by atoms with van der Waals surface area (Å²) in [4.78, 5) is 17.1. The number of thiazole rings is 1. The van der Waals surface area contributed by atoms with Gasteiger partial charge in [0.15, 0.2) is 0 Å². The molecule has 8 heteroatoms. The van der Waals surface area contributed by atoms with Crippen LogP contribution in [0, 0.1) is 0 Å². The minimum atomic E-state index is -3.32. The molecule has 0 radical (unpaired) electrons. The van der Waals surface area contributed by atoms with E-state index < -0.39 is 10.0 Å². The Labute approximate surface area is 149 Å². The summed E-state index contributed by atoms with van der Waals surface area (Å²) in [5.74, 6) is -0.261. The molecule has 1 amide bonds. The molecule has 0 saturated heterocycles. The van der Waals surface area contributed by atoms with Gasteiger partial charge in [-0.05, 0) is 24.3 Å². The minimum Gasteiger partial charge on any atom is -0.321 e. The third-order valence-electron chi connectivity index (χ3n) is 3.20. The summed E-state index contributed by atoms with van der Waals surface area (Å²) in [5.41, 5.74) is 1.96. The highest BCUT2D eigenvalue weighted by molar-refractivity contribution is 7.92. The van der Waals surface area contributed by atoms with Crippen molar-refractivity contribution in [2.24, 2.45) is 0 Å². The second-order valence-corrected chi connectivity index (χ2v) is 8.08. The van der Waals surface area contributed by atoms with Gasteiger partial charge in [0.2, 0.25) is 10.0 Å². The maximum Gasteiger partial charge on any atom is 0.267 e. The first-order valence-electron chi connectivity index (χ1n) is 7.31. The highest BCUT2D eigenvalue weighted by Gasteiger charge is 2.12. The molecule has 0 saturated carbocycles. The Hall–Kier alpha value is -2.71. The van der Waals surface area contributed by atoms with E-state index in [-0.39, 0.29) is 5.91 Å². The third-order valence-corrected chi connectivity index (χ3v) is 4.85. The molecule has 6 nitrogen and oxygen atoms in total. The summed E-state index contributed by atoms with van der Waals surface area (Å²) < 4.78 is 24.7. The average Bonchev–Trinajstić information content (AvgIpc) is 3.06. The van der Waals surface area contributed by atoms with Gasteiger partial charge in [0.05, 0.1) is 12.5 Å². The van der Waals surface area contributed by atoms with Crippen LogP contribution in [0.4, 0.5) is 11.4 Å². The van der Waals surface area contributed by atoms with Crippen molar-refractivity contribution in [1.29, 1.82) is 0 Å². The Balaban J connectivity index is 1.69. The van der Waals surface area contributed by atoms with Crippen LogP contribution in [0.15, 0.2) is 60.8 Å². The zero-order valence-corrected chi connectivity index (χ0v) is 14.9. The highest BCUT2D eigenvalue weighted by Crippen LogP contribution is 2.25. The van der Waals surface area contributed by atoms with Gasteiger partial charge >= 0.3 is 0 Å². The molecule has 2 N–H and O–H groups in total. The molecule has 128 valence electrons. The van der Waals surface area contributed by atoms with E-state index in [0.717, 1.165) is 16.8 Å². The molecule has 1 heterocycles. The number of sulfonamides is 1. The fourth-order valence-corrected chi connectivity index (χ4v) is 3.50. The number of anilines is 2. The number of amides is 1. The minimum absolute atomic E-state index is 0.261. The average molecular weight is 373 g/mol. The molecule has 0 aliphatic carbocycles. The quantitative estimate of drug-likeness (QED) is 0.717. The Bertz CT molecular complexity index is 981. The van der Waals surface area contributed by atoms with Gasteiger partial charge in [-0.2, -0.15) is 0 Å². The lowest BCUT2D eigenvalue weighted by Crippen LogP contribution is -2.11. The number of hydrogen-bond acceptors (Lipinski definition) is 5. The van der Waals surface area contributed by atoms with E-state index >= 15 is 0 Å². The molecular weight excluding hydrogens is 358 g/mol. The predicted octanol–water partition coefficient (Wildman–Crippen LogP) is 3.43. The van der Waals surface area contributed by atoms with Gasteiger partial charge in [-0.25, -0.2) is 13.4 Å². The summed E-state index contributed by atoms with van der Waals surface area (Å²) in [5, 5.41) is 3.54. The summed E-state index contributed by atoms with van der Waals surface area (Å²) in [7, 11) is -3.32. The van der Waals surface area contributed by atoms with E-state index in [9.17, 15) is 13.2 Å². The van der Waals surface area contributed by atoms with Crippen molar-refractivity contribution >= 4 is 38.6 Å². The van der Waals surface area contributed by atoms with Gasteiger partial charge in [0.25, 0.3) is 5.91 Å². The van der Waals surface area contributed by atoms with Gasteiger partial charge in [0.1, 0.15) is 9.88 Å². The largest absolute Gasteiger partial charge is 0.321 e. The molecule has 3 aromatic rings. The molecule has 0 spiro atoms. The van der Waals surface area contributed by atoms with Gasteiger partial charge in [-0.3, -0.25) is 9.52 Å². The van der Waals surface area contributed by atoms with Crippen LogP contribution >= 0.6 is 11.3 Å². The van der Waals surface area contributed by atoms with Crippen LogP contribution in [0.1, 0.15) is 9.67 Å². The first-order valence-corrected chi connectivity index (χ1v) is 10.0. The van der Waals surface area contributed by atoms with Gasteiger partial charge in [-0.15, -0.1) is 11.3 Å². The molecular formula is C17H15N3O3S2. The van der Waals surface area contributed by atoms with Crippen molar-refractivity contribution in [2.45, 2.75) is 0 Å². The topological polar surface area (TPSA) is 88.2 Å². The summed E-state index contributed by atoms with van der Waals surface area (Å²) >= 11 is 1.31. The van der Waals surface area contributed by atoms with Crippen LogP contribution in [0.25, 0.3) is 10.6 Å². The van der Waals surface area contributed by atoms with Crippen molar-refractivity contribution in [2.75, 3.05) is 16.3 Å². The maximum absolute atomic E-state index is 12.3. The molecule has 0 unspecified atom stereocenters. The van der Waals surface area contributed by atoms with Crippen LogP contribution in [-0.4, -0.2) is 25.6 Å². The van der Waals surface area contributed by atoms with E-state index in [4.69, 9.17) is 0 Å². The lowest BCUT2D eigenvalue weighted by Gasteiger charge is -2.06. The van der Waals surface area contributed by atoms with Gasteiger partial charge in [0, 0.05) is 16.9 Å². The lowest BCUT2D eigenvalue weighted by molar-refractivity contribution is 0.103. The van der Waals surface area contributed by atoms with E-state index in [1.807, 2.05) is 30.3 Å². The maximum atomic E-state index is 12.3. The Morgan fingerprint density at radius 1 is 1.00 bits per heavy atom. The summed E-state index contributed by atoms with van der Waals surface area (Å²) in [6.07, 6.45) is 2.62. The number of hydrogen-bond donors (Lipinski definition) is 2. The van der Waals surface area contributed by atoms with Crippen molar-refractivity contribution < 1.29 is 13.2 Å². The van der Waals surface area contributed by atoms with E-state index in [2.05, 4.69) is 15.0 Å². The zero-order chi connectivity index (χ0) is 17.9. The fraction of sp³-hybridized carbons (Fsp3) is 0.0588. The molecule has 1 aromatic heterocycles. The number of nitrogens with one attached hydrogen (secondary N) is 2. The van der Waals surface area contributed by atoms with Crippen molar-refractivity contribution in [1.82, 2.24) is 4.98 Å². The number of rotatable bonds is 5. The van der Waals surface area contributed by atoms with Gasteiger partial charge in [-0.1, -0.05) is 30.3 Å². The first-order chi connectivity index (χ1) is 11.9. The molecule has 0 fully saturated rings. The number of carbonyl (C=O) groups excluding carboxylic acids is 1. The number of aromatic nitrogens is 1. The molecule has 2 aromatic carbocycles. The number of carbonyl (C=O) groups is 1. The van der Waals surface area contributed by atoms with Crippen LogP contribution in [0.5, 0.6) is 0 Å². The Morgan fingerprint density at radius 2 is 1.64 bits per heavy atom. The standard InChI is InChI=1S/C17H15N3O3S2/c1-25(22,23)20-14-9-7-13(8-10-14)19-16(21)15-11-18-17(24-15)12-5-3-2-4-6-12/h2-11,20H,1H3,(H,19,21). The van der Waals surface area contributed by atoms with Crippen molar-refractivity contribution in [3.8, 4) is 10.6 Å². The van der Waals surface area contributed by atoms with Crippen LogP contribution in [0.2, 0.25) is 0 Å². The number of nitrogens with zero attached hydrogens (tertiary/aromatic N) is 1. The summed E-state index contributed by atoms with van der Waals surface area (Å²) in [6, 6.07) is 16.1. The second-order valence-electron chi connectivity index (χ2n) is 5.30.